The van der Waals surface area contributed by atoms with Crippen LogP contribution in [0, 0.1) is 22.7 Å². The van der Waals surface area contributed by atoms with Crippen molar-refractivity contribution in [3.63, 3.8) is 0 Å². The second-order valence-electron chi connectivity index (χ2n) is 11.3. The lowest BCUT2D eigenvalue weighted by Crippen LogP contribution is -2.59. The molecule has 0 radical (unpaired) electrons. The maximum absolute atomic E-state index is 13.6. The standard InChI is InChI=1S/C25H35NO6S/c1-23(2)8-6-9-24(3)18(23)7-10-25(4)19(24)14-33(30,31)17-12-15(11-16(27)21(17)25)22(29)26-13-20(28)32-5/h11-12,18-19,27H,6-10,13-14H2,1-5H3,(H,26,29)/t18-,19+,24-,25+/m0/s1. The minimum Gasteiger partial charge on any atom is -0.508 e. The normalized spacial score (nSPS) is 33.7. The monoisotopic (exact) mass is 477 g/mol. The van der Waals surface area contributed by atoms with Crippen LogP contribution in [0.1, 0.15) is 75.7 Å². The number of ether oxygens (including phenoxy) is 1. The van der Waals surface area contributed by atoms with E-state index in [1.165, 1.54) is 19.2 Å². The maximum Gasteiger partial charge on any atom is 0.325 e. The molecule has 1 amide bonds. The highest BCUT2D eigenvalue weighted by Crippen LogP contribution is 2.67. The molecule has 0 aromatic heterocycles. The van der Waals surface area contributed by atoms with Gasteiger partial charge in [0.25, 0.3) is 5.91 Å². The predicted octanol–water partition coefficient (Wildman–Crippen LogP) is 3.58. The number of phenols is 1. The Morgan fingerprint density at radius 1 is 1.12 bits per heavy atom. The first-order chi connectivity index (χ1) is 15.3. The number of nitrogens with one attached hydrogen (secondary N) is 1. The van der Waals surface area contributed by atoms with Gasteiger partial charge in [0.15, 0.2) is 9.84 Å². The van der Waals surface area contributed by atoms with E-state index >= 15 is 0 Å². The van der Waals surface area contributed by atoms with Gasteiger partial charge in [0.05, 0.1) is 17.8 Å². The molecule has 0 unspecified atom stereocenters. The molecule has 4 atom stereocenters. The van der Waals surface area contributed by atoms with E-state index in [4.69, 9.17) is 0 Å². The number of carbonyl (C=O) groups is 2. The van der Waals surface area contributed by atoms with Crippen LogP contribution in [0.25, 0.3) is 0 Å². The molecule has 0 saturated heterocycles. The smallest absolute Gasteiger partial charge is 0.325 e. The van der Waals surface area contributed by atoms with Crippen molar-refractivity contribution in [2.24, 2.45) is 22.7 Å². The van der Waals surface area contributed by atoms with Crippen molar-refractivity contribution in [3.05, 3.63) is 23.3 Å². The lowest BCUT2D eigenvalue weighted by atomic mass is 9.43. The molecular formula is C25H35NO6S. The van der Waals surface area contributed by atoms with Gasteiger partial charge < -0.3 is 15.2 Å². The Balaban J connectivity index is 1.79. The summed E-state index contributed by atoms with van der Waals surface area (Å²) >= 11 is 0. The number of fused-ring (bicyclic) bond motifs is 5. The number of esters is 1. The molecule has 2 N–H and O–H groups in total. The predicted molar refractivity (Wildman–Crippen MR) is 124 cm³/mol. The molecular weight excluding hydrogens is 442 g/mol. The molecule has 33 heavy (non-hydrogen) atoms. The summed E-state index contributed by atoms with van der Waals surface area (Å²) in [6.45, 7) is 8.62. The number of phenolic OH excluding ortho intramolecular Hbond substituents is 1. The molecule has 2 fully saturated rings. The van der Waals surface area contributed by atoms with Crippen LogP contribution >= 0.6 is 0 Å². The van der Waals surface area contributed by atoms with Gasteiger partial charge >= 0.3 is 5.97 Å². The SMILES string of the molecule is COC(=O)CNC(=O)c1cc(O)c2c(c1)S(=O)(=O)C[C@@H]1[C@@]3(C)CCCC(C)(C)[C@@H]3CC[C@@]21C. The summed E-state index contributed by atoms with van der Waals surface area (Å²) in [6.07, 6.45) is 4.99. The Bertz CT molecular complexity index is 1110. The van der Waals surface area contributed by atoms with E-state index in [1.807, 2.05) is 0 Å². The van der Waals surface area contributed by atoms with Gasteiger partial charge in [-0.15, -0.1) is 0 Å². The van der Waals surface area contributed by atoms with E-state index in [-0.39, 0.29) is 45.3 Å². The lowest BCUT2D eigenvalue weighted by Gasteiger charge is -2.63. The van der Waals surface area contributed by atoms with Crippen molar-refractivity contribution in [1.82, 2.24) is 5.32 Å². The van der Waals surface area contributed by atoms with Crippen LogP contribution in [0.5, 0.6) is 5.75 Å². The fourth-order valence-electron chi connectivity index (χ4n) is 7.51. The Labute approximate surface area is 196 Å². The summed E-state index contributed by atoms with van der Waals surface area (Å²) in [5.41, 5.74) is -0.0135. The van der Waals surface area contributed by atoms with Crippen molar-refractivity contribution in [1.29, 1.82) is 0 Å². The molecule has 1 aromatic carbocycles. The molecule has 0 bridgehead atoms. The number of carbonyl (C=O) groups excluding carboxylic acids is 2. The quantitative estimate of drug-likeness (QED) is 0.644. The topological polar surface area (TPSA) is 110 Å². The Morgan fingerprint density at radius 2 is 1.82 bits per heavy atom. The number of aromatic hydroxyl groups is 1. The lowest BCUT2D eigenvalue weighted by molar-refractivity contribution is -0.139. The summed E-state index contributed by atoms with van der Waals surface area (Å²) in [5, 5.41) is 13.5. The number of hydrogen-bond donors (Lipinski definition) is 2. The van der Waals surface area contributed by atoms with Gasteiger partial charge in [-0.05, 0) is 60.5 Å². The second kappa shape index (κ2) is 7.72. The minimum absolute atomic E-state index is 0.0134. The van der Waals surface area contributed by atoms with Gasteiger partial charge in [0, 0.05) is 16.5 Å². The number of amides is 1. The van der Waals surface area contributed by atoms with E-state index in [0.29, 0.717) is 11.5 Å². The van der Waals surface area contributed by atoms with E-state index in [1.54, 1.807) is 0 Å². The highest BCUT2D eigenvalue weighted by atomic mass is 32.2. The van der Waals surface area contributed by atoms with Crippen molar-refractivity contribution in [2.45, 2.75) is 70.1 Å². The van der Waals surface area contributed by atoms with Crippen LogP contribution in [0.3, 0.4) is 0 Å². The van der Waals surface area contributed by atoms with Crippen molar-refractivity contribution in [2.75, 3.05) is 19.4 Å². The van der Waals surface area contributed by atoms with Crippen molar-refractivity contribution in [3.8, 4) is 5.75 Å². The Kier molecular flexibility index (Phi) is 5.62. The summed E-state index contributed by atoms with van der Waals surface area (Å²) in [5.74, 6) is -1.07. The molecule has 1 heterocycles. The summed E-state index contributed by atoms with van der Waals surface area (Å²) in [6, 6.07) is 2.69. The van der Waals surface area contributed by atoms with Crippen LogP contribution < -0.4 is 5.32 Å². The number of sulfone groups is 1. The number of rotatable bonds is 3. The third kappa shape index (κ3) is 3.65. The molecule has 2 aliphatic carbocycles. The van der Waals surface area contributed by atoms with E-state index in [2.05, 4.69) is 37.7 Å². The zero-order chi connectivity index (χ0) is 24.4. The van der Waals surface area contributed by atoms with Crippen LogP contribution in [0.15, 0.2) is 17.0 Å². The largest absolute Gasteiger partial charge is 0.508 e. The molecule has 1 aliphatic heterocycles. The zero-order valence-corrected chi connectivity index (χ0v) is 21.0. The number of hydrogen-bond acceptors (Lipinski definition) is 6. The van der Waals surface area contributed by atoms with Gasteiger partial charge in [-0.3, -0.25) is 9.59 Å². The van der Waals surface area contributed by atoms with Gasteiger partial charge in [-0.25, -0.2) is 8.42 Å². The molecule has 2 saturated carbocycles. The fourth-order valence-corrected chi connectivity index (χ4v) is 9.83. The first kappa shape index (κ1) is 24.0. The van der Waals surface area contributed by atoms with Crippen molar-refractivity contribution >= 4 is 21.7 Å². The van der Waals surface area contributed by atoms with E-state index in [0.717, 1.165) is 32.1 Å². The van der Waals surface area contributed by atoms with E-state index < -0.39 is 27.1 Å². The highest BCUT2D eigenvalue weighted by Gasteiger charge is 2.62. The molecule has 1 aromatic rings. The van der Waals surface area contributed by atoms with Crippen molar-refractivity contribution < 1.29 is 27.9 Å². The van der Waals surface area contributed by atoms with Crippen LogP contribution in [-0.2, 0) is 24.8 Å². The Morgan fingerprint density at radius 3 is 2.48 bits per heavy atom. The first-order valence-electron chi connectivity index (χ1n) is 11.7. The summed E-state index contributed by atoms with van der Waals surface area (Å²) < 4.78 is 31.7. The molecule has 182 valence electrons. The Hall–Kier alpha value is -2.09. The summed E-state index contributed by atoms with van der Waals surface area (Å²) in [7, 11) is -2.51. The maximum atomic E-state index is 13.6. The molecule has 8 heteroatoms. The second-order valence-corrected chi connectivity index (χ2v) is 13.3. The first-order valence-corrected chi connectivity index (χ1v) is 13.4. The van der Waals surface area contributed by atoms with Gasteiger partial charge in [-0.2, -0.15) is 0 Å². The van der Waals surface area contributed by atoms with Gasteiger partial charge in [-0.1, -0.05) is 34.1 Å². The number of methoxy groups -OCH3 is 1. The summed E-state index contributed by atoms with van der Waals surface area (Å²) in [4.78, 5) is 24.0. The van der Waals surface area contributed by atoms with Crippen LogP contribution in [0.4, 0.5) is 0 Å². The number of benzene rings is 1. The zero-order valence-electron chi connectivity index (χ0n) is 20.2. The minimum atomic E-state index is -3.72. The average molecular weight is 478 g/mol. The highest BCUT2D eigenvalue weighted by molar-refractivity contribution is 7.91. The molecule has 3 aliphatic rings. The molecule has 4 rings (SSSR count). The van der Waals surface area contributed by atoms with Gasteiger partial charge in [0.1, 0.15) is 12.3 Å². The van der Waals surface area contributed by atoms with Crippen LogP contribution in [-0.4, -0.2) is 44.8 Å². The molecule has 7 nitrogen and oxygen atoms in total. The van der Waals surface area contributed by atoms with Crippen LogP contribution in [0.2, 0.25) is 0 Å². The molecule has 0 spiro atoms. The van der Waals surface area contributed by atoms with E-state index in [9.17, 15) is 23.1 Å². The third-order valence-corrected chi connectivity index (χ3v) is 10.8. The average Bonchev–Trinajstić information content (AvgIpc) is 2.72. The van der Waals surface area contributed by atoms with Gasteiger partial charge in [0.2, 0.25) is 0 Å². The fraction of sp³-hybridized carbons (Fsp3) is 0.680. The third-order valence-electron chi connectivity index (χ3n) is 9.05.